The number of hydrogen-bond donors (Lipinski definition) is 0. The average Bonchev–Trinajstić information content (AvgIpc) is 2.12. The highest BCUT2D eigenvalue weighted by Crippen LogP contribution is 2.23. The SMILES string of the molecule is Cc1c(Br)ccc2ncncc12. The lowest BCUT2D eigenvalue weighted by atomic mass is 10.1. The first-order valence-electron chi connectivity index (χ1n) is 3.64. The minimum atomic E-state index is 0.991. The zero-order valence-electron chi connectivity index (χ0n) is 6.58. The summed E-state index contributed by atoms with van der Waals surface area (Å²) < 4.78 is 1.10. The fourth-order valence-electron chi connectivity index (χ4n) is 1.17. The van der Waals surface area contributed by atoms with E-state index in [0.29, 0.717) is 0 Å². The molecule has 0 unspecified atom stereocenters. The van der Waals surface area contributed by atoms with Crippen LogP contribution in [0.4, 0.5) is 0 Å². The van der Waals surface area contributed by atoms with E-state index >= 15 is 0 Å². The van der Waals surface area contributed by atoms with Crippen LogP contribution in [0, 0.1) is 6.92 Å². The Kier molecular flexibility index (Phi) is 1.81. The molecule has 3 heteroatoms. The predicted octanol–water partition coefficient (Wildman–Crippen LogP) is 2.70. The Morgan fingerprint density at radius 2 is 2.17 bits per heavy atom. The first kappa shape index (κ1) is 7.68. The second-order valence-corrected chi connectivity index (χ2v) is 3.48. The molecule has 0 fully saturated rings. The van der Waals surface area contributed by atoms with Crippen molar-refractivity contribution in [3.05, 3.63) is 34.7 Å². The highest BCUT2D eigenvalue weighted by molar-refractivity contribution is 9.10. The number of benzene rings is 1. The molecule has 0 bridgehead atoms. The van der Waals surface area contributed by atoms with E-state index in [1.807, 2.05) is 18.3 Å². The van der Waals surface area contributed by atoms with Gasteiger partial charge in [0.25, 0.3) is 0 Å². The summed E-state index contributed by atoms with van der Waals surface area (Å²) in [5, 5.41) is 1.10. The molecule has 0 radical (unpaired) electrons. The number of rotatable bonds is 0. The minimum absolute atomic E-state index is 0.991. The Labute approximate surface area is 78.8 Å². The molecule has 0 N–H and O–H groups in total. The minimum Gasteiger partial charge on any atom is -0.244 e. The molecule has 1 heterocycles. The van der Waals surface area contributed by atoms with Crippen LogP contribution in [0.15, 0.2) is 29.1 Å². The van der Waals surface area contributed by atoms with Crippen molar-refractivity contribution >= 4 is 26.8 Å². The van der Waals surface area contributed by atoms with E-state index in [1.54, 1.807) is 6.33 Å². The molecule has 2 nitrogen and oxygen atoms in total. The Bertz CT molecular complexity index is 426. The fourth-order valence-corrected chi connectivity index (χ4v) is 1.51. The van der Waals surface area contributed by atoms with Gasteiger partial charge >= 0.3 is 0 Å². The van der Waals surface area contributed by atoms with E-state index in [0.717, 1.165) is 15.4 Å². The maximum atomic E-state index is 4.15. The summed E-state index contributed by atoms with van der Waals surface area (Å²) >= 11 is 3.46. The summed E-state index contributed by atoms with van der Waals surface area (Å²) in [6, 6.07) is 3.98. The van der Waals surface area contributed by atoms with E-state index in [1.165, 1.54) is 5.56 Å². The van der Waals surface area contributed by atoms with Gasteiger partial charge in [-0.25, -0.2) is 9.97 Å². The smallest absolute Gasteiger partial charge is 0.116 e. The summed E-state index contributed by atoms with van der Waals surface area (Å²) in [4.78, 5) is 8.13. The van der Waals surface area contributed by atoms with Crippen molar-refractivity contribution in [2.45, 2.75) is 6.92 Å². The van der Waals surface area contributed by atoms with Crippen LogP contribution in [0.3, 0.4) is 0 Å². The molecule has 0 aliphatic carbocycles. The number of aromatic nitrogens is 2. The maximum Gasteiger partial charge on any atom is 0.116 e. The molecule has 0 aliphatic rings. The third-order valence-corrected chi connectivity index (χ3v) is 2.75. The standard InChI is InChI=1S/C9H7BrN2/c1-6-7-4-11-5-12-9(7)3-2-8(6)10/h2-5H,1H3. The summed E-state index contributed by atoms with van der Waals surface area (Å²) in [5.41, 5.74) is 2.18. The van der Waals surface area contributed by atoms with Crippen molar-refractivity contribution in [3.63, 3.8) is 0 Å². The van der Waals surface area contributed by atoms with Crippen LogP contribution >= 0.6 is 15.9 Å². The molecule has 2 rings (SSSR count). The number of aryl methyl sites for hydroxylation is 1. The Balaban J connectivity index is 2.91. The van der Waals surface area contributed by atoms with Gasteiger partial charge in [0.2, 0.25) is 0 Å². The van der Waals surface area contributed by atoms with Crippen molar-refractivity contribution in [3.8, 4) is 0 Å². The van der Waals surface area contributed by atoms with Crippen molar-refractivity contribution in [2.24, 2.45) is 0 Å². The van der Waals surface area contributed by atoms with Crippen molar-refractivity contribution in [1.82, 2.24) is 9.97 Å². The molecule has 0 spiro atoms. The molecule has 1 aromatic carbocycles. The maximum absolute atomic E-state index is 4.15. The number of halogens is 1. The molecule has 0 saturated carbocycles. The van der Waals surface area contributed by atoms with Crippen LogP contribution < -0.4 is 0 Å². The zero-order valence-corrected chi connectivity index (χ0v) is 8.17. The predicted molar refractivity (Wildman–Crippen MR) is 52.0 cm³/mol. The van der Waals surface area contributed by atoms with Crippen LogP contribution in [-0.2, 0) is 0 Å². The van der Waals surface area contributed by atoms with Gasteiger partial charge in [0, 0.05) is 16.1 Å². The highest BCUT2D eigenvalue weighted by Gasteiger charge is 2.00. The van der Waals surface area contributed by atoms with Crippen LogP contribution in [0.5, 0.6) is 0 Å². The zero-order chi connectivity index (χ0) is 8.55. The lowest BCUT2D eigenvalue weighted by Crippen LogP contribution is -1.84. The van der Waals surface area contributed by atoms with E-state index < -0.39 is 0 Å². The highest BCUT2D eigenvalue weighted by atomic mass is 79.9. The first-order chi connectivity index (χ1) is 5.79. The molecule has 0 saturated heterocycles. The van der Waals surface area contributed by atoms with Gasteiger partial charge in [0.05, 0.1) is 5.52 Å². The van der Waals surface area contributed by atoms with Gasteiger partial charge in [0.15, 0.2) is 0 Å². The van der Waals surface area contributed by atoms with Gasteiger partial charge in [-0.3, -0.25) is 0 Å². The van der Waals surface area contributed by atoms with Crippen molar-refractivity contribution < 1.29 is 0 Å². The summed E-state index contributed by atoms with van der Waals surface area (Å²) in [7, 11) is 0. The monoisotopic (exact) mass is 222 g/mol. The molecular formula is C9H7BrN2. The number of nitrogens with zero attached hydrogens (tertiary/aromatic N) is 2. The molecule has 1 aromatic heterocycles. The summed E-state index contributed by atoms with van der Waals surface area (Å²) in [6.07, 6.45) is 3.40. The van der Waals surface area contributed by atoms with Crippen LogP contribution in [0.1, 0.15) is 5.56 Å². The van der Waals surface area contributed by atoms with Gasteiger partial charge in [0.1, 0.15) is 6.33 Å². The van der Waals surface area contributed by atoms with Crippen LogP contribution in [0.2, 0.25) is 0 Å². The van der Waals surface area contributed by atoms with Gasteiger partial charge in [-0.1, -0.05) is 15.9 Å². The lowest BCUT2D eigenvalue weighted by Gasteiger charge is -2.01. The first-order valence-corrected chi connectivity index (χ1v) is 4.43. The van der Waals surface area contributed by atoms with Crippen molar-refractivity contribution in [2.75, 3.05) is 0 Å². The third kappa shape index (κ3) is 1.10. The topological polar surface area (TPSA) is 25.8 Å². The average molecular weight is 223 g/mol. The molecule has 0 aliphatic heterocycles. The van der Waals surface area contributed by atoms with Gasteiger partial charge in [-0.05, 0) is 24.6 Å². The van der Waals surface area contributed by atoms with Gasteiger partial charge in [-0.15, -0.1) is 0 Å². The molecule has 12 heavy (non-hydrogen) atoms. The van der Waals surface area contributed by atoms with Gasteiger partial charge in [-0.2, -0.15) is 0 Å². The fraction of sp³-hybridized carbons (Fsp3) is 0.111. The number of hydrogen-bond acceptors (Lipinski definition) is 2. The van der Waals surface area contributed by atoms with E-state index in [4.69, 9.17) is 0 Å². The van der Waals surface area contributed by atoms with Crippen LogP contribution in [-0.4, -0.2) is 9.97 Å². The van der Waals surface area contributed by atoms with E-state index in [-0.39, 0.29) is 0 Å². The Morgan fingerprint density at radius 3 is 3.00 bits per heavy atom. The second-order valence-electron chi connectivity index (χ2n) is 2.63. The van der Waals surface area contributed by atoms with E-state index in [9.17, 15) is 0 Å². The Morgan fingerprint density at radius 1 is 1.33 bits per heavy atom. The second kappa shape index (κ2) is 2.83. The summed E-state index contributed by atoms with van der Waals surface area (Å²) in [6.45, 7) is 2.05. The van der Waals surface area contributed by atoms with Gasteiger partial charge < -0.3 is 0 Å². The molecule has 60 valence electrons. The molecule has 0 amide bonds. The quantitative estimate of drug-likeness (QED) is 0.686. The molecule has 2 aromatic rings. The van der Waals surface area contributed by atoms with Crippen molar-refractivity contribution in [1.29, 1.82) is 0 Å². The normalized spacial score (nSPS) is 10.5. The third-order valence-electron chi connectivity index (χ3n) is 1.89. The van der Waals surface area contributed by atoms with Crippen LogP contribution in [0.25, 0.3) is 10.9 Å². The number of fused-ring (bicyclic) bond motifs is 1. The molecule has 0 atom stereocenters. The lowest BCUT2D eigenvalue weighted by molar-refractivity contribution is 1.21. The van der Waals surface area contributed by atoms with E-state index in [2.05, 4.69) is 32.8 Å². The molecular weight excluding hydrogens is 216 g/mol. The summed E-state index contributed by atoms with van der Waals surface area (Å²) in [5.74, 6) is 0. The largest absolute Gasteiger partial charge is 0.244 e. The Hall–Kier alpha value is -0.960.